The summed E-state index contributed by atoms with van der Waals surface area (Å²) >= 11 is 0. The molecule has 1 aliphatic rings. The summed E-state index contributed by atoms with van der Waals surface area (Å²) in [7, 11) is -0.671. The van der Waals surface area contributed by atoms with E-state index < -0.39 is 15.9 Å². The third-order valence-electron chi connectivity index (χ3n) is 5.96. The van der Waals surface area contributed by atoms with Crippen LogP contribution in [0.3, 0.4) is 0 Å². The number of amides is 1. The Bertz CT molecular complexity index is 1270. The third-order valence-corrected chi connectivity index (χ3v) is 7.85. The molecule has 0 aromatic heterocycles. The Morgan fingerprint density at radius 2 is 1.57 bits per heavy atom. The number of carbonyl (C=O) groups is 1. The van der Waals surface area contributed by atoms with Crippen molar-refractivity contribution in [2.24, 2.45) is 0 Å². The van der Waals surface area contributed by atoms with Crippen LogP contribution < -0.4 is 14.8 Å². The average Bonchev–Trinajstić information content (AvgIpc) is 2.89. The van der Waals surface area contributed by atoms with E-state index in [1.807, 2.05) is 18.2 Å². The fraction of sp³-hybridized carbons (Fsp3) is 0.269. The van der Waals surface area contributed by atoms with Crippen LogP contribution in [0.4, 0.5) is 5.69 Å². The topological polar surface area (TPSA) is 88.2 Å². The summed E-state index contributed by atoms with van der Waals surface area (Å²) in [5.41, 5.74) is 1.97. The highest BCUT2D eigenvalue weighted by Crippen LogP contribution is 2.30. The smallest absolute Gasteiger partial charge is 0.255 e. The minimum atomic E-state index is -3.72. The van der Waals surface area contributed by atoms with Crippen LogP contribution >= 0.6 is 0 Å². The zero-order valence-corrected chi connectivity index (χ0v) is 20.6. The maximum atomic E-state index is 13.3. The fourth-order valence-electron chi connectivity index (χ4n) is 4.03. The number of hydrogen-bond donors (Lipinski definition) is 1. The molecule has 0 aliphatic carbocycles. The second kappa shape index (κ2) is 10.9. The highest BCUT2D eigenvalue weighted by Gasteiger charge is 2.29. The first kappa shape index (κ1) is 24.7. The van der Waals surface area contributed by atoms with Crippen molar-refractivity contribution in [1.82, 2.24) is 9.21 Å². The molecular weight excluding hydrogens is 466 g/mol. The second-order valence-corrected chi connectivity index (χ2v) is 10.2. The summed E-state index contributed by atoms with van der Waals surface area (Å²) < 4.78 is 38.5. The molecule has 1 N–H and O–H groups in total. The Hall–Kier alpha value is -3.40. The SMILES string of the molecule is COc1ccc(NC(=O)c2cccc(S(=O)(=O)N3CCN(Cc4ccccc4)CC3)c2)cc1OC. The van der Waals surface area contributed by atoms with Crippen LogP contribution in [0.2, 0.25) is 0 Å². The Morgan fingerprint density at radius 3 is 2.26 bits per heavy atom. The maximum absolute atomic E-state index is 13.3. The van der Waals surface area contributed by atoms with Crippen LogP contribution in [0.15, 0.2) is 77.7 Å². The van der Waals surface area contributed by atoms with Crippen molar-refractivity contribution >= 4 is 21.6 Å². The van der Waals surface area contributed by atoms with E-state index in [-0.39, 0.29) is 10.5 Å². The third kappa shape index (κ3) is 5.82. The van der Waals surface area contributed by atoms with Crippen LogP contribution in [0, 0.1) is 0 Å². The van der Waals surface area contributed by atoms with Crippen molar-refractivity contribution in [2.75, 3.05) is 45.7 Å². The number of hydrogen-bond acceptors (Lipinski definition) is 6. The van der Waals surface area contributed by atoms with Gasteiger partial charge in [0.05, 0.1) is 19.1 Å². The van der Waals surface area contributed by atoms with Gasteiger partial charge in [-0.05, 0) is 35.9 Å². The van der Waals surface area contributed by atoms with E-state index in [1.54, 1.807) is 30.3 Å². The van der Waals surface area contributed by atoms with E-state index in [0.29, 0.717) is 43.4 Å². The molecule has 3 aromatic rings. The van der Waals surface area contributed by atoms with Crippen molar-refractivity contribution in [3.8, 4) is 11.5 Å². The molecule has 0 bridgehead atoms. The Labute approximate surface area is 206 Å². The fourth-order valence-corrected chi connectivity index (χ4v) is 5.50. The largest absolute Gasteiger partial charge is 0.493 e. The van der Waals surface area contributed by atoms with Gasteiger partial charge in [0.1, 0.15) is 0 Å². The molecule has 0 saturated carbocycles. The summed E-state index contributed by atoms with van der Waals surface area (Å²) in [4.78, 5) is 15.2. The van der Waals surface area contributed by atoms with Gasteiger partial charge in [-0.1, -0.05) is 36.4 Å². The summed E-state index contributed by atoms with van der Waals surface area (Å²) in [6.07, 6.45) is 0. The van der Waals surface area contributed by atoms with E-state index in [2.05, 4.69) is 22.3 Å². The minimum Gasteiger partial charge on any atom is -0.493 e. The summed E-state index contributed by atoms with van der Waals surface area (Å²) in [6.45, 7) is 2.89. The van der Waals surface area contributed by atoms with E-state index in [0.717, 1.165) is 6.54 Å². The zero-order chi connectivity index (χ0) is 24.8. The number of nitrogens with zero attached hydrogens (tertiary/aromatic N) is 2. The van der Waals surface area contributed by atoms with Crippen molar-refractivity contribution in [3.05, 3.63) is 83.9 Å². The van der Waals surface area contributed by atoms with Crippen LogP contribution in [-0.2, 0) is 16.6 Å². The van der Waals surface area contributed by atoms with Gasteiger partial charge in [0, 0.05) is 50.0 Å². The highest BCUT2D eigenvalue weighted by molar-refractivity contribution is 7.89. The monoisotopic (exact) mass is 495 g/mol. The second-order valence-electron chi connectivity index (χ2n) is 8.22. The summed E-state index contributed by atoms with van der Waals surface area (Å²) in [6, 6.07) is 21.3. The van der Waals surface area contributed by atoms with Gasteiger partial charge in [0.15, 0.2) is 11.5 Å². The molecule has 184 valence electrons. The normalized spacial score (nSPS) is 14.9. The molecule has 3 aromatic carbocycles. The molecule has 0 radical (unpaired) electrons. The van der Waals surface area contributed by atoms with Crippen molar-refractivity contribution in [1.29, 1.82) is 0 Å². The van der Waals surface area contributed by atoms with Crippen LogP contribution in [0.1, 0.15) is 15.9 Å². The van der Waals surface area contributed by atoms with E-state index >= 15 is 0 Å². The zero-order valence-electron chi connectivity index (χ0n) is 19.8. The molecule has 9 heteroatoms. The molecule has 0 atom stereocenters. The molecule has 35 heavy (non-hydrogen) atoms. The van der Waals surface area contributed by atoms with E-state index in [9.17, 15) is 13.2 Å². The Morgan fingerprint density at radius 1 is 0.857 bits per heavy atom. The van der Waals surface area contributed by atoms with E-state index in [4.69, 9.17) is 9.47 Å². The Kier molecular flexibility index (Phi) is 7.70. The lowest BCUT2D eigenvalue weighted by Crippen LogP contribution is -2.48. The highest BCUT2D eigenvalue weighted by atomic mass is 32.2. The van der Waals surface area contributed by atoms with Crippen molar-refractivity contribution < 1.29 is 22.7 Å². The number of rotatable bonds is 8. The van der Waals surface area contributed by atoms with E-state index in [1.165, 1.54) is 36.2 Å². The van der Waals surface area contributed by atoms with Gasteiger partial charge in [0.2, 0.25) is 10.0 Å². The van der Waals surface area contributed by atoms with Crippen molar-refractivity contribution in [2.45, 2.75) is 11.4 Å². The first-order chi connectivity index (χ1) is 16.9. The van der Waals surface area contributed by atoms with Gasteiger partial charge in [-0.3, -0.25) is 9.69 Å². The van der Waals surface area contributed by atoms with Gasteiger partial charge >= 0.3 is 0 Å². The molecule has 1 fully saturated rings. The van der Waals surface area contributed by atoms with Gasteiger partial charge in [-0.25, -0.2) is 8.42 Å². The molecule has 0 unspecified atom stereocenters. The molecule has 1 heterocycles. The molecular formula is C26H29N3O5S. The van der Waals surface area contributed by atoms with Gasteiger partial charge in [-0.15, -0.1) is 0 Å². The molecule has 8 nitrogen and oxygen atoms in total. The number of nitrogens with one attached hydrogen (secondary N) is 1. The van der Waals surface area contributed by atoms with Crippen LogP contribution in [-0.4, -0.2) is 63.9 Å². The predicted molar refractivity (Wildman–Crippen MR) is 134 cm³/mol. The molecule has 1 aliphatic heterocycles. The predicted octanol–water partition coefficient (Wildman–Crippen LogP) is 3.46. The first-order valence-electron chi connectivity index (χ1n) is 11.3. The average molecular weight is 496 g/mol. The lowest BCUT2D eigenvalue weighted by molar-refractivity contribution is 0.102. The van der Waals surface area contributed by atoms with Crippen LogP contribution in [0.25, 0.3) is 0 Å². The number of sulfonamides is 1. The number of carbonyl (C=O) groups excluding carboxylic acids is 1. The number of piperazine rings is 1. The number of methoxy groups -OCH3 is 2. The molecule has 1 amide bonds. The standard InChI is InChI=1S/C26H29N3O5S/c1-33-24-12-11-22(18-25(24)34-2)27-26(30)21-9-6-10-23(17-21)35(31,32)29-15-13-28(14-16-29)19-20-7-4-3-5-8-20/h3-12,17-18H,13-16,19H2,1-2H3,(H,27,30). The first-order valence-corrected chi connectivity index (χ1v) is 12.7. The summed E-state index contributed by atoms with van der Waals surface area (Å²) in [5.74, 6) is 0.609. The van der Waals surface area contributed by atoms with Gasteiger partial charge < -0.3 is 14.8 Å². The number of ether oxygens (including phenoxy) is 2. The quantitative estimate of drug-likeness (QED) is 0.515. The van der Waals surface area contributed by atoms with Gasteiger partial charge in [0.25, 0.3) is 5.91 Å². The molecule has 0 spiro atoms. The number of benzene rings is 3. The number of anilines is 1. The minimum absolute atomic E-state index is 0.106. The molecule has 4 rings (SSSR count). The Balaban J connectivity index is 1.42. The van der Waals surface area contributed by atoms with Gasteiger partial charge in [-0.2, -0.15) is 4.31 Å². The molecule has 1 saturated heterocycles. The lowest BCUT2D eigenvalue weighted by Gasteiger charge is -2.34. The maximum Gasteiger partial charge on any atom is 0.255 e. The summed E-state index contributed by atoms with van der Waals surface area (Å²) in [5, 5.41) is 2.78. The lowest BCUT2D eigenvalue weighted by atomic mass is 10.2. The van der Waals surface area contributed by atoms with Crippen LogP contribution in [0.5, 0.6) is 11.5 Å². The van der Waals surface area contributed by atoms with Crippen molar-refractivity contribution in [3.63, 3.8) is 0 Å².